The fraction of sp³-hybridized carbons (Fsp3) is 0.188. The maximum atomic E-state index is 8.74. The number of hydrogen-bond acceptors (Lipinski definition) is 3. The van der Waals surface area contributed by atoms with E-state index in [1.807, 2.05) is 50.2 Å². The maximum absolute atomic E-state index is 8.74. The van der Waals surface area contributed by atoms with Crippen molar-refractivity contribution in [3.05, 3.63) is 63.7 Å². The zero-order chi connectivity index (χ0) is 15.4. The molecule has 0 heterocycles. The van der Waals surface area contributed by atoms with Gasteiger partial charge < -0.3 is 15.7 Å². The van der Waals surface area contributed by atoms with Crippen LogP contribution in [0.2, 0.25) is 5.02 Å². The first-order valence-electron chi connectivity index (χ1n) is 6.47. The highest BCUT2D eigenvalue weighted by Gasteiger charge is 2.09. The molecular formula is C16H17ClN2O2. The first-order valence-corrected chi connectivity index (χ1v) is 6.85. The Labute approximate surface area is 128 Å². The van der Waals surface area contributed by atoms with Crippen molar-refractivity contribution in [2.75, 3.05) is 0 Å². The fourth-order valence-corrected chi connectivity index (χ4v) is 2.38. The van der Waals surface area contributed by atoms with Crippen molar-refractivity contribution in [2.45, 2.75) is 20.5 Å². The van der Waals surface area contributed by atoms with Crippen LogP contribution in [0.3, 0.4) is 0 Å². The summed E-state index contributed by atoms with van der Waals surface area (Å²) in [5.41, 5.74) is 9.14. The summed E-state index contributed by atoms with van der Waals surface area (Å²) in [6.07, 6.45) is 0. The van der Waals surface area contributed by atoms with E-state index in [1.54, 1.807) is 0 Å². The summed E-state index contributed by atoms with van der Waals surface area (Å²) in [7, 11) is 0. The average molecular weight is 305 g/mol. The number of oxime groups is 1. The minimum atomic E-state index is 0.0857. The van der Waals surface area contributed by atoms with Gasteiger partial charge in [0.15, 0.2) is 5.84 Å². The number of nitrogens with two attached hydrogens (primary N) is 1. The van der Waals surface area contributed by atoms with Crippen LogP contribution in [-0.2, 0) is 6.61 Å². The number of benzene rings is 2. The molecule has 0 radical (unpaired) electrons. The molecule has 0 saturated heterocycles. The second-order valence-electron chi connectivity index (χ2n) is 4.84. The normalized spacial score (nSPS) is 11.5. The molecule has 21 heavy (non-hydrogen) atoms. The van der Waals surface area contributed by atoms with Crippen LogP contribution in [0, 0.1) is 13.8 Å². The second kappa shape index (κ2) is 6.50. The molecule has 2 rings (SSSR count). The molecular weight excluding hydrogens is 288 g/mol. The molecule has 4 nitrogen and oxygen atoms in total. The predicted molar refractivity (Wildman–Crippen MR) is 84.2 cm³/mol. The van der Waals surface area contributed by atoms with E-state index in [4.69, 9.17) is 27.3 Å². The third-order valence-electron chi connectivity index (χ3n) is 3.14. The molecule has 0 aliphatic rings. The largest absolute Gasteiger partial charge is 0.488 e. The van der Waals surface area contributed by atoms with Gasteiger partial charge in [-0.05, 0) is 54.8 Å². The average Bonchev–Trinajstić information content (AvgIpc) is 2.45. The number of hydrogen-bond donors (Lipinski definition) is 2. The van der Waals surface area contributed by atoms with E-state index in [0.717, 1.165) is 22.4 Å². The lowest BCUT2D eigenvalue weighted by Crippen LogP contribution is -2.14. The highest BCUT2D eigenvalue weighted by molar-refractivity contribution is 6.30. The van der Waals surface area contributed by atoms with Gasteiger partial charge in [0.05, 0.1) is 0 Å². The molecule has 3 N–H and O–H groups in total. The first-order chi connectivity index (χ1) is 10.0. The molecule has 0 aliphatic carbocycles. The van der Waals surface area contributed by atoms with Gasteiger partial charge in [-0.3, -0.25) is 0 Å². The van der Waals surface area contributed by atoms with Gasteiger partial charge in [0.1, 0.15) is 12.4 Å². The topological polar surface area (TPSA) is 67.8 Å². The molecule has 0 aliphatic heterocycles. The Morgan fingerprint density at radius 3 is 2.48 bits per heavy atom. The van der Waals surface area contributed by atoms with E-state index in [0.29, 0.717) is 17.2 Å². The SMILES string of the molecule is Cc1cc(C(N)=NO)cc(C)c1OCc1cccc(Cl)c1. The summed E-state index contributed by atoms with van der Waals surface area (Å²) in [5.74, 6) is 0.882. The quantitative estimate of drug-likeness (QED) is 0.392. The van der Waals surface area contributed by atoms with Gasteiger partial charge in [-0.15, -0.1) is 0 Å². The van der Waals surface area contributed by atoms with E-state index in [2.05, 4.69) is 5.16 Å². The number of amidine groups is 1. The van der Waals surface area contributed by atoms with Crippen molar-refractivity contribution in [1.82, 2.24) is 0 Å². The van der Waals surface area contributed by atoms with Crippen LogP contribution in [0.15, 0.2) is 41.6 Å². The monoisotopic (exact) mass is 304 g/mol. The molecule has 0 amide bonds. The highest BCUT2D eigenvalue weighted by atomic mass is 35.5. The molecule has 0 unspecified atom stereocenters. The van der Waals surface area contributed by atoms with Gasteiger partial charge in [-0.25, -0.2) is 0 Å². The third kappa shape index (κ3) is 3.67. The molecule has 0 atom stereocenters. The lowest BCUT2D eigenvalue weighted by Gasteiger charge is -2.14. The molecule has 2 aromatic carbocycles. The molecule has 0 fully saturated rings. The molecule has 5 heteroatoms. The van der Waals surface area contributed by atoms with Gasteiger partial charge in [0.25, 0.3) is 0 Å². The van der Waals surface area contributed by atoms with E-state index >= 15 is 0 Å². The third-order valence-corrected chi connectivity index (χ3v) is 3.37. The van der Waals surface area contributed by atoms with Crippen molar-refractivity contribution >= 4 is 17.4 Å². The van der Waals surface area contributed by atoms with E-state index in [1.165, 1.54) is 0 Å². The Hall–Kier alpha value is -2.20. The smallest absolute Gasteiger partial charge is 0.170 e. The highest BCUT2D eigenvalue weighted by Crippen LogP contribution is 2.26. The summed E-state index contributed by atoms with van der Waals surface area (Å²) in [5, 5.41) is 12.4. The van der Waals surface area contributed by atoms with E-state index in [-0.39, 0.29) is 5.84 Å². The summed E-state index contributed by atoms with van der Waals surface area (Å²) in [6, 6.07) is 11.2. The van der Waals surface area contributed by atoms with Crippen LogP contribution in [0.4, 0.5) is 0 Å². The Bertz CT molecular complexity index is 661. The molecule has 110 valence electrons. The second-order valence-corrected chi connectivity index (χ2v) is 5.28. The van der Waals surface area contributed by atoms with Crippen molar-refractivity contribution in [2.24, 2.45) is 10.9 Å². The minimum absolute atomic E-state index is 0.0857. The van der Waals surface area contributed by atoms with Crippen molar-refractivity contribution in [3.63, 3.8) is 0 Å². The van der Waals surface area contributed by atoms with Crippen LogP contribution in [-0.4, -0.2) is 11.0 Å². The Morgan fingerprint density at radius 2 is 1.90 bits per heavy atom. The zero-order valence-corrected chi connectivity index (χ0v) is 12.7. The lowest BCUT2D eigenvalue weighted by molar-refractivity contribution is 0.302. The minimum Gasteiger partial charge on any atom is -0.488 e. The first kappa shape index (κ1) is 15.2. The number of halogens is 1. The van der Waals surface area contributed by atoms with Crippen LogP contribution in [0.5, 0.6) is 5.75 Å². The molecule has 0 bridgehead atoms. The maximum Gasteiger partial charge on any atom is 0.170 e. The molecule has 0 saturated carbocycles. The molecule has 2 aromatic rings. The summed E-state index contributed by atoms with van der Waals surface area (Å²) >= 11 is 5.95. The number of nitrogens with zero attached hydrogens (tertiary/aromatic N) is 1. The Balaban J connectivity index is 2.21. The van der Waals surface area contributed by atoms with Crippen LogP contribution < -0.4 is 10.5 Å². The molecule has 0 spiro atoms. The van der Waals surface area contributed by atoms with Crippen molar-refractivity contribution < 1.29 is 9.94 Å². The number of ether oxygens (including phenoxy) is 1. The van der Waals surface area contributed by atoms with Gasteiger partial charge in [0, 0.05) is 10.6 Å². The van der Waals surface area contributed by atoms with Crippen molar-refractivity contribution in [3.8, 4) is 5.75 Å². The summed E-state index contributed by atoms with van der Waals surface area (Å²) in [4.78, 5) is 0. The molecule has 0 aromatic heterocycles. The van der Waals surface area contributed by atoms with Crippen LogP contribution in [0.1, 0.15) is 22.3 Å². The Kier molecular flexibility index (Phi) is 4.70. The van der Waals surface area contributed by atoms with Crippen LogP contribution >= 0.6 is 11.6 Å². The van der Waals surface area contributed by atoms with Gasteiger partial charge in [-0.2, -0.15) is 0 Å². The summed E-state index contributed by atoms with van der Waals surface area (Å²) in [6.45, 7) is 4.29. The number of aryl methyl sites for hydroxylation is 2. The number of rotatable bonds is 4. The van der Waals surface area contributed by atoms with E-state index < -0.39 is 0 Å². The van der Waals surface area contributed by atoms with Crippen LogP contribution in [0.25, 0.3) is 0 Å². The fourth-order valence-electron chi connectivity index (χ4n) is 2.17. The Morgan fingerprint density at radius 1 is 1.24 bits per heavy atom. The predicted octanol–water partition coefficient (Wildman–Crippen LogP) is 3.63. The summed E-state index contributed by atoms with van der Waals surface area (Å²) < 4.78 is 5.88. The lowest BCUT2D eigenvalue weighted by atomic mass is 10.1. The zero-order valence-electron chi connectivity index (χ0n) is 11.9. The van der Waals surface area contributed by atoms with Crippen molar-refractivity contribution in [1.29, 1.82) is 0 Å². The standard InChI is InChI=1S/C16H17ClN2O2/c1-10-6-13(16(18)19-20)7-11(2)15(10)21-9-12-4-3-5-14(17)8-12/h3-8,20H,9H2,1-2H3,(H2,18,19). The van der Waals surface area contributed by atoms with Gasteiger partial charge in [0.2, 0.25) is 0 Å². The van der Waals surface area contributed by atoms with E-state index in [9.17, 15) is 0 Å². The van der Waals surface area contributed by atoms with Gasteiger partial charge in [-0.1, -0.05) is 28.9 Å². The van der Waals surface area contributed by atoms with Gasteiger partial charge >= 0.3 is 0 Å².